The van der Waals surface area contributed by atoms with E-state index in [1.165, 1.54) is 6.07 Å². The summed E-state index contributed by atoms with van der Waals surface area (Å²) in [7, 11) is 0. The number of hydrogen-bond donors (Lipinski definition) is 2. The van der Waals surface area contributed by atoms with Crippen molar-refractivity contribution in [1.82, 2.24) is 0 Å². The minimum Gasteiger partial charge on any atom is -0.506 e. The van der Waals surface area contributed by atoms with Crippen LogP contribution in [0.1, 0.15) is 5.56 Å². The molecule has 0 aliphatic carbocycles. The van der Waals surface area contributed by atoms with Gasteiger partial charge in [0.1, 0.15) is 23.1 Å². The number of nitriles is 1. The fourth-order valence-electron chi connectivity index (χ4n) is 2.17. The number of phenolic OH excluding ortho intramolecular Hbond substituents is 2. The van der Waals surface area contributed by atoms with E-state index < -0.39 is 0 Å². The Morgan fingerprint density at radius 2 is 1.56 bits per heavy atom. The molecule has 3 heteroatoms. The molecule has 0 heterocycles. The Bertz CT molecular complexity index is 816. The van der Waals surface area contributed by atoms with Crippen molar-refractivity contribution in [3.05, 3.63) is 48.0 Å². The van der Waals surface area contributed by atoms with E-state index in [0.29, 0.717) is 10.8 Å². The van der Waals surface area contributed by atoms with Crippen LogP contribution in [-0.4, -0.2) is 10.2 Å². The highest BCUT2D eigenvalue weighted by Crippen LogP contribution is 2.36. The summed E-state index contributed by atoms with van der Waals surface area (Å²) in [5, 5.41) is 31.9. The van der Waals surface area contributed by atoms with Crippen LogP contribution in [0.4, 0.5) is 0 Å². The molecule has 3 aromatic carbocycles. The summed E-state index contributed by atoms with van der Waals surface area (Å²) >= 11 is 0. The summed E-state index contributed by atoms with van der Waals surface area (Å²) in [5.41, 5.74) is -0.0854. The number of nitrogens with zero attached hydrogens (tertiary/aromatic N) is 1. The molecular weight excluding hydrogens is 226 g/mol. The Morgan fingerprint density at radius 3 is 2.22 bits per heavy atom. The maximum absolute atomic E-state index is 10.0. The van der Waals surface area contributed by atoms with Crippen molar-refractivity contribution in [3.8, 4) is 17.6 Å². The van der Waals surface area contributed by atoms with E-state index in [9.17, 15) is 10.2 Å². The van der Waals surface area contributed by atoms with Crippen LogP contribution in [0.5, 0.6) is 11.5 Å². The Kier molecular flexibility index (Phi) is 2.11. The first kappa shape index (κ1) is 10.4. The molecule has 0 amide bonds. The number of fused-ring (bicyclic) bond motifs is 2. The molecule has 0 radical (unpaired) electrons. The van der Waals surface area contributed by atoms with Crippen LogP contribution in [-0.2, 0) is 0 Å². The largest absolute Gasteiger partial charge is 0.506 e. The van der Waals surface area contributed by atoms with Crippen molar-refractivity contribution in [2.75, 3.05) is 0 Å². The second kappa shape index (κ2) is 3.64. The smallest absolute Gasteiger partial charge is 0.144 e. The molecule has 0 atom stereocenters. The lowest BCUT2D eigenvalue weighted by Crippen LogP contribution is -1.83. The fraction of sp³-hybridized carbons (Fsp3) is 0. The molecule has 86 valence electrons. The summed E-state index contributed by atoms with van der Waals surface area (Å²) in [6, 6.07) is 14.7. The van der Waals surface area contributed by atoms with E-state index in [2.05, 4.69) is 0 Å². The molecule has 0 aromatic heterocycles. The summed E-state index contributed by atoms with van der Waals surface area (Å²) in [6.45, 7) is 0. The monoisotopic (exact) mass is 235 g/mol. The lowest BCUT2D eigenvalue weighted by molar-refractivity contribution is 0.452. The van der Waals surface area contributed by atoms with Crippen LogP contribution in [0.3, 0.4) is 0 Å². The first-order valence-electron chi connectivity index (χ1n) is 5.48. The number of aromatic hydroxyl groups is 2. The van der Waals surface area contributed by atoms with Gasteiger partial charge in [-0.05, 0) is 34.4 Å². The van der Waals surface area contributed by atoms with Gasteiger partial charge in [0, 0.05) is 5.39 Å². The quantitative estimate of drug-likeness (QED) is 0.588. The topological polar surface area (TPSA) is 64.2 Å². The molecule has 0 bridgehead atoms. The summed E-state index contributed by atoms with van der Waals surface area (Å²) in [5.74, 6) is -0.365. The van der Waals surface area contributed by atoms with Gasteiger partial charge in [-0.2, -0.15) is 5.26 Å². The molecule has 0 fully saturated rings. The molecule has 2 N–H and O–H groups in total. The fourth-order valence-corrected chi connectivity index (χ4v) is 2.17. The molecule has 0 spiro atoms. The summed E-state index contributed by atoms with van der Waals surface area (Å²) < 4.78 is 0. The normalized spacial score (nSPS) is 10.6. The third-order valence-corrected chi connectivity index (χ3v) is 3.07. The highest BCUT2D eigenvalue weighted by atomic mass is 16.3. The molecule has 0 aliphatic heterocycles. The Hall–Kier alpha value is -2.73. The summed E-state index contributed by atoms with van der Waals surface area (Å²) in [4.78, 5) is 0. The van der Waals surface area contributed by atoms with Gasteiger partial charge in [0.2, 0.25) is 0 Å². The molecule has 0 aliphatic rings. The SMILES string of the molecule is N#Cc1c(O)cc2cc3ccccc3cc2c1O. The van der Waals surface area contributed by atoms with Crippen molar-refractivity contribution in [1.29, 1.82) is 5.26 Å². The van der Waals surface area contributed by atoms with Gasteiger partial charge in [-0.15, -0.1) is 0 Å². The van der Waals surface area contributed by atoms with Crippen molar-refractivity contribution in [3.63, 3.8) is 0 Å². The van der Waals surface area contributed by atoms with E-state index in [0.717, 1.165) is 10.8 Å². The van der Waals surface area contributed by atoms with Gasteiger partial charge in [0.05, 0.1) is 0 Å². The minimum absolute atomic E-state index is 0.0854. The highest BCUT2D eigenvalue weighted by Gasteiger charge is 2.12. The van der Waals surface area contributed by atoms with E-state index in [4.69, 9.17) is 5.26 Å². The predicted molar refractivity (Wildman–Crippen MR) is 69.5 cm³/mol. The lowest BCUT2D eigenvalue weighted by atomic mass is 10.0. The number of phenols is 2. The molecule has 0 saturated heterocycles. The maximum Gasteiger partial charge on any atom is 0.144 e. The number of hydrogen-bond acceptors (Lipinski definition) is 3. The van der Waals surface area contributed by atoms with Crippen molar-refractivity contribution >= 4 is 21.5 Å². The Balaban J connectivity index is 2.52. The van der Waals surface area contributed by atoms with Crippen LogP contribution < -0.4 is 0 Å². The average Bonchev–Trinajstić information content (AvgIpc) is 2.37. The van der Waals surface area contributed by atoms with Gasteiger partial charge in [-0.25, -0.2) is 0 Å². The van der Waals surface area contributed by atoms with E-state index in [1.54, 1.807) is 6.07 Å². The number of rotatable bonds is 0. The van der Waals surface area contributed by atoms with Crippen LogP contribution in [0, 0.1) is 11.3 Å². The lowest BCUT2D eigenvalue weighted by Gasteiger charge is -2.07. The minimum atomic E-state index is -0.196. The van der Waals surface area contributed by atoms with Crippen LogP contribution >= 0.6 is 0 Å². The zero-order valence-electron chi connectivity index (χ0n) is 9.38. The Labute approximate surface area is 103 Å². The molecule has 0 unspecified atom stereocenters. The maximum atomic E-state index is 10.0. The zero-order chi connectivity index (χ0) is 12.7. The second-order valence-corrected chi connectivity index (χ2v) is 4.15. The highest BCUT2D eigenvalue weighted by molar-refractivity contribution is 6.02. The average molecular weight is 235 g/mol. The van der Waals surface area contributed by atoms with Crippen molar-refractivity contribution in [2.24, 2.45) is 0 Å². The molecule has 18 heavy (non-hydrogen) atoms. The first-order valence-corrected chi connectivity index (χ1v) is 5.48. The van der Waals surface area contributed by atoms with Gasteiger partial charge in [-0.1, -0.05) is 24.3 Å². The van der Waals surface area contributed by atoms with Gasteiger partial charge in [-0.3, -0.25) is 0 Å². The molecule has 3 nitrogen and oxygen atoms in total. The van der Waals surface area contributed by atoms with Crippen LogP contribution in [0.15, 0.2) is 42.5 Å². The third-order valence-electron chi connectivity index (χ3n) is 3.07. The summed E-state index contributed by atoms with van der Waals surface area (Å²) in [6.07, 6.45) is 0. The standard InChI is InChI=1S/C15H9NO2/c16-8-13-14(17)7-11-5-9-3-1-2-4-10(9)6-12(11)15(13)18/h1-7,17-18H. The third kappa shape index (κ3) is 1.36. The molecular formula is C15H9NO2. The van der Waals surface area contributed by atoms with Crippen molar-refractivity contribution in [2.45, 2.75) is 0 Å². The van der Waals surface area contributed by atoms with E-state index in [-0.39, 0.29) is 17.1 Å². The van der Waals surface area contributed by atoms with Gasteiger partial charge < -0.3 is 10.2 Å². The van der Waals surface area contributed by atoms with E-state index >= 15 is 0 Å². The van der Waals surface area contributed by atoms with Gasteiger partial charge in [0.15, 0.2) is 0 Å². The Morgan fingerprint density at radius 1 is 0.889 bits per heavy atom. The van der Waals surface area contributed by atoms with E-state index in [1.807, 2.05) is 36.4 Å². The predicted octanol–water partition coefficient (Wildman–Crippen LogP) is 3.28. The number of benzene rings is 3. The molecule has 3 aromatic rings. The molecule has 0 saturated carbocycles. The van der Waals surface area contributed by atoms with Crippen LogP contribution in [0.2, 0.25) is 0 Å². The van der Waals surface area contributed by atoms with Crippen LogP contribution in [0.25, 0.3) is 21.5 Å². The second-order valence-electron chi connectivity index (χ2n) is 4.15. The zero-order valence-corrected chi connectivity index (χ0v) is 9.38. The van der Waals surface area contributed by atoms with Gasteiger partial charge >= 0.3 is 0 Å². The first-order chi connectivity index (χ1) is 8.70. The van der Waals surface area contributed by atoms with Crippen molar-refractivity contribution < 1.29 is 10.2 Å². The van der Waals surface area contributed by atoms with Gasteiger partial charge in [0.25, 0.3) is 0 Å². The molecule has 3 rings (SSSR count).